The van der Waals surface area contributed by atoms with E-state index in [0.717, 1.165) is 31.5 Å². The number of rotatable bonds is 5. The summed E-state index contributed by atoms with van der Waals surface area (Å²) in [5.74, 6) is -0.563. The molecule has 2 amide bonds. The van der Waals surface area contributed by atoms with Crippen LogP contribution < -0.4 is 10.1 Å². The predicted molar refractivity (Wildman–Crippen MR) is 111 cm³/mol. The Kier molecular flexibility index (Phi) is 6.65. The highest BCUT2D eigenvalue weighted by atomic mass is 16.5. The van der Waals surface area contributed by atoms with E-state index in [2.05, 4.69) is 17.3 Å². The molecule has 2 aliphatic rings. The van der Waals surface area contributed by atoms with Gasteiger partial charge in [-0.1, -0.05) is 11.6 Å². The summed E-state index contributed by atoms with van der Waals surface area (Å²) in [4.78, 5) is 41.6. The largest absolute Gasteiger partial charge is 0.484 e. The van der Waals surface area contributed by atoms with Crippen LogP contribution in [0.5, 0.6) is 5.75 Å². The standard InChI is InChI=1S/C22H31N3O5/c1-5-29-19(26)13-23-20(27)16(3)25-14-22(8-10-24(4)11-9-22)30-18-7-6-15(2)12-17(18)21(25)28/h6-7,12,16H,5,8-11,13-14H2,1-4H3,(H,23,27). The van der Waals surface area contributed by atoms with Gasteiger partial charge in [0.05, 0.1) is 18.7 Å². The first-order chi connectivity index (χ1) is 14.2. The van der Waals surface area contributed by atoms with Gasteiger partial charge in [-0.05, 0) is 40.0 Å². The first-order valence-electron chi connectivity index (χ1n) is 10.5. The molecule has 3 rings (SSSR count). The minimum atomic E-state index is -0.751. The second-order valence-corrected chi connectivity index (χ2v) is 8.22. The SMILES string of the molecule is CCOC(=O)CNC(=O)C(C)N1CC2(CCN(C)CC2)Oc2ccc(C)cc2C1=O. The van der Waals surface area contributed by atoms with E-state index in [0.29, 0.717) is 17.9 Å². The summed E-state index contributed by atoms with van der Waals surface area (Å²) < 4.78 is 11.3. The molecule has 1 aromatic carbocycles. The van der Waals surface area contributed by atoms with Crippen LogP contribution in [0.25, 0.3) is 0 Å². The molecule has 0 saturated carbocycles. The second kappa shape index (κ2) is 9.04. The molecule has 0 bridgehead atoms. The number of ether oxygens (including phenoxy) is 2. The zero-order valence-electron chi connectivity index (χ0n) is 18.2. The molecule has 1 N–H and O–H groups in total. The second-order valence-electron chi connectivity index (χ2n) is 8.22. The quantitative estimate of drug-likeness (QED) is 0.728. The van der Waals surface area contributed by atoms with Crippen LogP contribution in [0.3, 0.4) is 0 Å². The fourth-order valence-corrected chi connectivity index (χ4v) is 3.96. The molecule has 1 spiro atoms. The number of nitrogens with one attached hydrogen (secondary N) is 1. The molecule has 0 radical (unpaired) electrons. The van der Waals surface area contributed by atoms with Crippen molar-refractivity contribution in [3.05, 3.63) is 29.3 Å². The van der Waals surface area contributed by atoms with Gasteiger partial charge in [0, 0.05) is 25.9 Å². The molecule has 164 valence electrons. The van der Waals surface area contributed by atoms with Crippen molar-refractivity contribution in [1.82, 2.24) is 15.1 Å². The Hall–Kier alpha value is -2.61. The lowest BCUT2D eigenvalue weighted by atomic mass is 9.90. The van der Waals surface area contributed by atoms with Crippen LogP contribution in [0.1, 0.15) is 42.6 Å². The monoisotopic (exact) mass is 417 g/mol. The van der Waals surface area contributed by atoms with E-state index in [9.17, 15) is 14.4 Å². The van der Waals surface area contributed by atoms with Crippen LogP contribution >= 0.6 is 0 Å². The lowest BCUT2D eigenvalue weighted by molar-refractivity contribution is -0.143. The van der Waals surface area contributed by atoms with Gasteiger partial charge in [0.15, 0.2) is 0 Å². The fourth-order valence-electron chi connectivity index (χ4n) is 3.96. The van der Waals surface area contributed by atoms with Gasteiger partial charge in [0.2, 0.25) is 5.91 Å². The fraction of sp³-hybridized carbons (Fsp3) is 0.591. The molecule has 0 aromatic heterocycles. The molecule has 1 unspecified atom stereocenters. The lowest BCUT2D eigenvalue weighted by Crippen LogP contribution is -2.57. The number of aryl methyl sites for hydroxylation is 1. The smallest absolute Gasteiger partial charge is 0.325 e. The minimum absolute atomic E-state index is 0.221. The summed E-state index contributed by atoms with van der Waals surface area (Å²) >= 11 is 0. The van der Waals surface area contributed by atoms with E-state index >= 15 is 0 Å². The number of piperidine rings is 1. The molecule has 2 aliphatic heterocycles. The van der Waals surface area contributed by atoms with Crippen LogP contribution in [0.2, 0.25) is 0 Å². The van der Waals surface area contributed by atoms with E-state index in [4.69, 9.17) is 9.47 Å². The highest BCUT2D eigenvalue weighted by Crippen LogP contribution is 2.36. The van der Waals surface area contributed by atoms with Crippen molar-refractivity contribution in [2.75, 3.05) is 39.8 Å². The number of amides is 2. The van der Waals surface area contributed by atoms with Crippen molar-refractivity contribution in [3.63, 3.8) is 0 Å². The zero-order chi connectivity index (χ0) is 21.9. The minimum Gasteiger partial charge on any atom is -0.484 e. The van der Waals surface area contributed by atoms with Gasteiger partial charge in [0.1, 0.15) is 23.9 Å². The number of hydrogen-bond donors (Lipinski definition) is 1. The highest BCUT2D eigenvalue weighted by Gasteiger charge is 2.44. The molecule has 1 atom stereocenters. The van der Waals surface area contributed by atoms with Crippen molar-refractivity contribution in [2.24, 2.45) is 0 Å². The number of carbonyl (C=O) groups is 3. The van der Waals surface area contributed by atoms with E-state index in [1.165, 1.54) is 0 Å². The third-order valence-corrected chi connectivity index (χ3v) is 5.87. The number of likely N-dealkylation sites (tertiary alicyclic amines) is 1. The number of benzene rings is 1. The number of nitrogens with zero attached hydrogens (tertiary/aromatic N) is 2. The van der Waals surface area contributed by atoms with E-state index in [1.54, 1.807) is 18.7 Å². The van der Waals surface area contributed by atoms with E-state index in [1.807, 2.05) is 25.1 Å². The van der Waals surface area contributed by atoms with Crippen LogP contribution in [0.4, 0.5) is 0 Å². The van der Waals surface area contributed by atoms with Crippen LogP contribution in [-0.2, 0) is 14.3 Å². The van der Waals surface area contributed by atoms with Crippen molar-refractivity contribution in [3.8, 4) is 5.75 Å². The predicted octanol–water partition coefficient (Wildman–Crippen LogP) is 1.36. The van der Waals surface area contributed by atoms with Gasteiger partial charge in [-0.25, -0.2) is 0 Å². The number of fused-ring (bicyclic) bond motifs is 1. The molecule has 8 heteroatoms. The Labute approximate surface area is 177 Å². The molecule has 8 nitrogen and oxygen atoms in total. The number of carbonyl (C=O) groups excluding carboxylic acids is 3. The molecular formula is C22H31N3O5. The Morgan fingerprint density at radius 1 is 1.30 bits per heavy atom. The lowest BCUT2D eigenvalue weighted by Gasteiger charge is -2.42. The highest BCUT2D eigenvalue weighted by molar-refractivity contribution is 6.00. The van der Waals surface area contributed by atoms with Crippen molar-refractivity contribution in [2.45, 2.75) is 45.3 Å². The Morgan fingerprint density at radius 2 is 2.00 bits per heavy atom. The maximum atomic E-state index is 13.4. The Bertz CT molecular complexity index is 817. The summed E-state index contributed by atoms with van der Waals surface area (Å²) in [6.45, 7) is 7.37. The molecule has 1 fully saturated rings. The van der Waals surface area contributed by atoms with Crippen LogP contribution in [-0.4, -0.2) is 79.1 Å². The summed E-state index contributed by atoms with van der Waals surface area (Å²) in [7, 11) is 2.06. The number of hydrogen-bond acceptors (Lipinski definition) is 6. The average molecular weight is 418 g/mol. The molecule has 2 heterocycles. The first-order valence-corrected chi connectivity index (χ1v) is 10.5. The first kappa shape index (κ1) is 22.1. The van der Waals surface area contributed by atoms with Gasteiger partial charge in [-0.15, -0.1) is 0 Å². The van der Waals surface area contributed by atoms with Crippen molar-refractivity contribution >= 4 is 17.8 Å². The summed E-state index contributed by atoms with van der Waals surface area (Å²) in [5, 5.41) is 2.58. The maximum absolute atomic E-state index is 13.4. The zero-order valence-corrected chi connectivity index (χ0v) is 18.2. The van der Waals surface area contributed by atoms with Gasteiger partial charge < -0.3 is 24.6 Å². The molecule has 0 aliphatic carbocycles. The van der Waals surface area contributed by atoms with Gasteiger partial charge in [-0.3, -0.25) is 14.4 Å². The van der Waals surface area contributed by atoms with Crippen molar-refractivity contribution < 1.29 is 23.9 Å². The summed E-state index contributed by atoms with van der Waals surface area (Å²) in [6, 6.07) is 4.83. The van der Waals surface area contributed by atoms with E-state index in [-0.39, 0.29) is 19.1 Å². The van der Waals surface area contributed by atoms with Crippen molar-refractivity contribution in [1.29, 1.82) is 0 Å². The topological polar surface area (TPSA) is 88.2 Å². The van der Waals surface area contributed by atoms with Gasteiger partial charge in [-0.2, -0.15) is 0 Å². The van der Waals surface area contributed by atoms with Gasteiger partial charge in [0.25, 0.3) is 5.91 Å². The average Bonchev–Trinajstić information content (AvgIpc) is 2.83. The van der Waals surface area contributed by atoms with Crippen LogP contribution in [0.15, 0.2) is 18.2 Å². The normalized spacial score (nSPS) is 19.5. The summed E-state index contributed by atoms with van der Waals surface area (Å²) in [5.41, 5.74) is 0.874. The Balaban J connectivity index is 1.87. The molecule has 1 aromatic rings. The van der Waals surface area contributed by atoms with Gasteiger partial charge >= 0.3 is 5.97 Å². The Morgan fingerprint density at radius 3 is 2.67 bits per heavy atom. The molecule has 30 heavy (non-hydrogen) atoms. The summed E-state index contributed by atoms with van der Waals surface area (Å²) in [6.07, 6.45) is 1.52. The maximum Gasteiger partial charge on any atom is 0.325 e. The number of esters is 1. The third kappa shape index (κ3) is 4.75. The molecule has 1 saturated heterocycles. The van der Waals surface area contributed by atoms with Crippen LogP contribution in [0, 0.1) is 6.92 Å². The van der Waals surface area contributed by atoms with E-state index < -0.39 is 23.5 Å². The third-order valence-electron chi connectivity index (χ3n) is 5.87. The molecular weight excluding hydrogens is 386 g/mol.